The summed E-state index contributed by atoms with van der Waals surface area (Å²) < 4.78 is 6.62. The van der Waals surface area contributed by atoms with Gasteiger partial charge in [0.05, 0.1) is 24.0 Å². The van der Waals surface area contributed by atoms with Crippen molar-refractivity contribution in [3.8, 4) is 0 Å². The monoisotopic (exact) mass is 484 g/mol. The number of pyridine rings is 1. The minimum Gasteiger partial charge on any atom is -0.375 e. The van der Waals surface area contributed by atoms with Crippen LogP contribution in [0, 0.1) is 5.41 Å². The second-order valence-corrected chi connectivity index (χ2v) is 10.0. The normalized spacial score (nSPS) is 22.5. The van der Waals surface area contributed by atoms with E-state index in [0.29, 0.717) is 23.4 Å². The Kier molecular flexibility index (Phi) is 5.65. The smallest absolute Gasteiger partial charge is 0.258 e. The van der Waals surface area contributed by atoms with Crippen LogP contribution in [0.4, 0.5) is 17.3 Å². The summed E-state index contributed by atoms with van der Waals surface area (Å²) in [6.07, 6.45) is 5.37. The van der Waals surface area contributed by atoms with Gasteiger partial charge in [-0.3, -0.25) is 4.79 Å². The lowest BCUT2D eigenvalue weighted by atomic mass is 9.93. The summed E-state index contributed by atoms with van der Waals surface area (Å²) in [5.41, 5.74) is 2.30. The Balaban J connectivity index is 1.33. The van der Waals surface area contributed by atoms with Crippen molar-refractivity contribution in [1.29, 1.82) is 0 Å². The van der Waals surface area contributed by atoms with E-state index in [-0.39, 0.29) is 12.0 Å². The Labute approximate surface area is 192 Å². The number of hydrogen-bond acceptors (Lipinski definition) is 5. The molecular weight excluding hydrogens is 456 g/mol. The minimum atomic E-state index is -0.116. The Morgan fingerprint density at radius 1 is 1.13 bits per heavy atom. The molecule has 1 aromatic heterocycles. The van der Waals surface area contributed by atoms with Crippen LogP contribution < -0.4 is 15.1 Å². The van der Waals surface area contributed by atoms with Gasteiger partial charge in [-0.05, 0) is 68.4 Å². The molecule has 7 heteroatoms. The number of hydrogen-bond donors (Lipinski definition) is 1. The van der Waals surface area contributed by atoms with E-state index in [1.54, 1.807) is 0 Å². The molecule has 164 valence electrons. The zero-order valence-corrected chi connectivity index (χ0v) is 19.5. The Hall–Kier alpha value is -2.12. The molecule has 0 unspecified atom stereocenters. The first kappa shape index (κ1) is 20.8. The number of nitrogens with one attached hydrogen (secondary N) is 1. The Morgan fingerprint density at radius 3 is 2.68 bits per heavy atom. The molecule has 1 aromatic carbocycles. The summed E-state index contributed by atoms with van der Waals surface area (Å²) in [6, 6.07) is 11.7. The maximum Gasteiger partial charge on any atom is 0.258 e. The van der Waals surface area contributed by atoms with Crippen molar-refractivity contribution in [3.63, 3.8) is 0 Å². The summed E-state index contributed by atoms with van der Waals surface area (Å²) in [7, 11) is 0. The van der Waals surface area contributed by atoms with Gasteiger partial charge in [-0.2, -0.15) is 0 Å². The van der Waals surface area contributed by atoms with Crippen LogP contribution in [0.15, 0.2) is 40.9 Å². The molecule has 5 rings (SSSR count). The van der Waals surface area contributed by atoms with Gasteiger partial charge in [0.25, 0.3) is 5.91 Å². The van der Waals surface area contributed by atoms with E-state index < -0.39 is 0 Å². The summed E-state index contributed by atoms with van der Waals surface area (Å²) in [4.78, 5) is 22.5. The molecule has 1 spiro atoms. The van der Waals surface area contributed by atoms with Crippen LogP contribution >= 0.6 is 15.9 Å². The molecule has 3 fully saturated rings. The van der Waals surface area contributed by atoms with E-state index >= 15 is 0 Å². The summed E-state index contributed by atoms with van der Waals surface area (Å²) in [6.45, 7) is 6.40. The van der Waals surface area contributed by atoms with E-state index in [1.807, 2.05) is 30.3 Å². The van der Waals surface area contributed by atoms with Crippen LogP contribution in [0.2, 0.25) is 0 Å². The number of piperidine rings is 1. The molecule has 3 aliphatic rings. The second kappa shape index (κ2) is 8.43. The highest BCUT2D eigenvalue weighted by atomic mass is 79.9. The summed E-state index contributed by atoms with van der Waals surface area (Å²) in [5, 5.41) is 3.03. The third kappa shape index (κ3) is 4.58. The van der Waals surface area contributed by atoms with Crippen molar-refractivity contribution < 1.29 is 9.53 Å². The average molecular weight is 485 g/mol. The molecule has 1 aliphatic carbocycles. The fourth-order valence-electron chi connectivity index (χ4n) is 4.74. The molecule has 6 nitrogen and oxygen atoms in total. The molecule has 0 radical (unpaired) electrons. The van der Waals surface area contributed by atoms with E-state index in [9.17, 15) is 4.79 Å². The number of benzene rings is 1. The van der Waals surface area contributed by atoms with Crippen molar-refractivity contribution in [2.75, 3.05) is 47.9 Å². The molecule has 1 saturated carbocycles. The van der Waals surface area contributed by atoms with Crippen LogP contribution in [-0.2, 0) is 4.74 Å². The van der Waals surface area contributed by atoms with Crippen LogP contribution in [0.1, 0.15) is 43.0 Å². The number of aromatic nitrogens is 1. The number of amides is 1. The van der Waals surface area contributed by atoms with Gasteiger partial charge in [0, 0.05) is 30.7 Å². The molecule has 2 aromatic rings. The van der Waals surface area contributed by atoms with Crippen LogP contribution in [-0.4, -0.2) is 49.8 Å². The highest BCUT2D eigenvalue weighted by Crippen LogP contribution is 2.54. The number of ether oxygens (including phenoxy) is 1. The molecule has 0 bridgehead atoms. The third-order valence-corrected chi connectivity index (χ3v) is 7.36. The quantitative estimate of drug-likeness (QED) is 0.681. The maximum absolute atomic E-state index is 13.2. The first-order valence-electron chi connectivity index (χ1n) is 11.2. The van der Waals surface area contributed by atoms with Gasteiger partial charge in [-0.15, -0.1) is 0 Å². The van der Waals surface area contributed by atoms with E-state index in [4.69, 9.17) is 9.72 Å². The third-order valence-electron chi connectivity index (χ3n) is 6.87. The topological polar surface area (TPSA) is 57.7 Å². The van der Waals surface area contributed by atoms with Crippen LogP contribution in [0.25, 0.3) is 0 Å². The zero-order chi connectivity index (χ0) is 21.4. The first-order chi connectivity index (χ1) is 15.0. The first-order valence-corrected chi connectivity index (χ1v) is 12.0. The van der Waals surface area contributed by atoms with Crippen LogP contribution in [0.3, 0.4) is 0 Å². The van der Waals surface area contributed by atoms with Gasteiger partial charge in [-0.1, -0.05) is 22.0 Å². The highest BCUT2D eigenvalue weighted by Gasteiger charge is 2.44. The zero-order valence-electron chi connectivity index (χ0n) is 17.9. The van der Waals surface area contributed by atoms with Crippen molar-refractivity contribution >= 4 is 39.2 Å². The standard InChI is InChI=1S/C24H29BrN4O2/c1-17-16-29(13-14-31-17)22-4-2-3-21(26-22)27-23(30)19-6-5-18(25)15-20(19)28-11-9-24(7-8-24)10-12-28/h2-6,15,17H,7-14,16H2,1H3,(H,26,27,30)/t17-/m0/s1. The number of carbonyl (C=O) groups excluding carboxylic acids is 1. The lowest BCUT2D eigenvalue weighted by Crippen LogP contribution is -2.41. The van der Waals surface area contributed by atoms with Crippen molar-refractivity contribution in [2.45, 2.75) is 38.7 Å². The van der Waals surface area contributed by atoms with Gasteiger partial charge in [-0.25, -0.2) is 4.98 Å². The second-order valence-electron chi connectivity index (χ2n) is 9.11. The molecular formula is C24H29BrN4O2. The predicted octanol–water partition coefficient (Wildman–Crippen LogP) is 4.70. The van der Waals surface area contributed by atoms with E-state index in [2.05, 4.69) is 44.0 Å². The van der Waals surface area contributed by atoms with E-state index in [0.717, 1.165) is 42.2 Å². The Morgan fingerprint density at radius 2 is 1.94 bits per heavy atom. The minimum absolute atomic E-state index is 0.116. The fraction of sp³-hybridized carbons (Fsp3) is 0.500. The SMILES string of the molecule is C[C@H]1CN(c2cccc(NC(=O)c3ccc(Br)cc3N3CCC4(CC3)CC4)n2)CCO1. The lowest BCUT2D eigenvalue weighted by molar-refractivity contribution is 0.0529. The summed E-state index contributed by atoms with van der Waals surface area (Å²) in [5.74, 6) is 1.33. The molecule has 1 amide bonds. The van der Waals surface area contributed by atoms with Gasteiger partial charge >= 0.3 is 0 Å². The van der Waals surface area contributed by atoms with Crippen molar-refractivity contribution in [1.82, 2.24) is 4.98 Å². The van der Waals surface area contributed by atoms with Crippen molar-refractivity contribution in [2.24, 2.45) is 5.41 Å². The number of anilines is 3. The lowest BCUT2D eigenvalue weighted by Gasteiger charge is -2.35. The number of nitrogens with zero attached hydrogens (tertiary/aromatic N) is 3. The largest absolute Gasteiger partial charge is 0.375 e. The van der Waals surface area contributed by atoms with Crippen molar-refractivity contribution in [3.05, 3.63) is 46.4 Å². The number of morpholine rings is 1. The Bertz CT molecular complexity index is 968. The van der Waals surface area contributed by atoms with E-state index in [1.165, 1.54) is 25.7 Å². The molecule has 1 N–H and O–H groups in total. The van der Waals surface area contributed by atoms with Gasteiger partial charge in [0.15, 0.2) is 0 Å². The average Bonchev–Trinajstić information content (AvgIpc) is 3.53. The molecule has 2 saturated heterocycles. The molecule has 1 atom stereocenters. The van der Waals surface area contributed by atoms with Gasteiger partial charge in [0.1, 0.15) is 11.6 Å². The molecule has 2 aliphatic heterocycles. The fourth-order valence-corrected chi connectivity index (χ4v) is 5.09. The summed E-state index contributed by atoms with van der Waals surface area (Å²) >= 11 is 3.59. The number of carbonyl (C=O) groups is 1. The number of halogens is 1. The maximum atomic E-state index is 13.2. The predicted molar refractivity (Wildman–Crippen MR) is 127 cm³/mol. The van der Waals surface area contributed by atoms with Crippen LogP contribution in [0.5, 0.6) is 0 Å². The van der Waals surface area contributed by atoms with Gasteiger partial charge < -0.3 is 19.9 Å². The number of rotatable bonds is 4. The highest BCUT2D eigenvalue weighted by molar-refractivity contribution is 9.10. The van der Waals surface area contributed by atoms with Gasteiger partial charge in [0.2, 0.25) is 0 Å². The molecule has 31 heavy (non-hydrogen) atoms. The molecule has 3 heterocycles.